The molecule has 5 aromatic rings. The topological polar surface area (TPSA) is 92.6 Å². The van der Waals surface area contributed by atoms with E-state index in [1.54, 1.807) is 42.6 Å². The number of nitrogens with one attached hydrogen (secondary N) is 2. The number of carbonyl (C=O) groups is 1. The Morgan fingerprint density at radius 3 is 2.34 bits per heavy atom. The van der Waals surface area contributed by atoms with Crippen LogP contribution >= 0.6 is 15.9 Å². The highest BCUT2D eigenvalue weighted by atomic mass is 79.9. The quantitative estimate of drug-likeness (QED) is 0.140. The normalized spacial score (nSPS) is 12.5. The number of amides is 1. The monoisotopic (exact) mass is 628 g/mol. The molecule has 1 amide bonds. The second-order valence-electron chi connectivity index (χ2n) is 9.75. The van der Waals surface area contributed by atoms with E-state index >= 15 is 0 Å². The Balaban J connectivity index is 1.31. The summed E-state index contributed by atoms with van der Waals surface area (Å²) in [6.07, 6.45) is 3.49. The van der Waals surface area contributed by atoms with E-state index in [0.29, 0.717) is 12.1 Å². The van der Waals surface area contributed by atoms with Gasteiger partial charge in [-0.25, -0.2) is 18.6 Å². The van der Waals surface area contributed by atoms with E-state index in [1.807, 2.05) is 61.7 Å². The number of nitrogens with zero attached hydrogens (tertiary/aromatic N) is 2. The highest BCUT2D eigenvalue weighted by Crippen LogP contribution is 2.23. The number of aryl methyl sites for hydroxylation is 1. The Hall–Kier alpha value is -4.05. The number of aromatic nitrogens is 1. The molecule has 4 aromatic carbocycles. The van der Waals surface area contributed by atoms with E-state index in [1.165, 1.54) is 0 Å². The van der Waals surface area contributed by atoms with Crippen LogP contribution in [0, 0.1) is 6.92 Å². The first-order valence-electron chi connectivity index (χ1n) is 13.1. The number of hydrogen-bond acceptors (Lipinski definition) is 4. The molecular formula is C32H29BrN4O3S. The summed E-state index contributed by atoms with van der Waals surface area (Å²) in [7, 11) is -3.86. The fraction of sp³-hybridized carbons (Fsp3) is 0.125. The molecule has 1 heterocycles. The number of sulfonamides is 1. The maximum absolute atomic E-state index is 13.1. The number of hydrogen-bond donors (Lipinski definition) is 2. The molecule has 5 rings (SSSR count). The van der Waals surface area contributed by atoms with Gasteiger partial charge in [-0.2, -0.15) is 5.10 Å². The first-order valence-corrected chi connectivity index (χ1v) is 15.3. The van der Waals surface area contributed by atoms with Gasteiger partial charge in [0.1, 0.15) is 0 Å². The summed E-state index contributed by atoms with van der Waals surface area (Å²) in [5.74, 6) is -0.416. The van der Waals surface area contributed by atoms with Crippen LogP contribution in [0.2, 0.25) is 0 Å². The molecule has 1 aromatic heterocycles. The standard InChI is InChI=1S/C32H29BrN4O3S/c1-23-11-17-28(18-12-23)41(39,40)36-30(25-7-3-2-4-8-25)19-32(38)35-34-20-26-22-37(31-10-6-5-9-29(26)31)21-24-13-15-27(33)16-14-24/h2-18,20,22,30,36H,19,21H2,1H3,(H,35,38)/b34-20-/t30-/m1/s1. The lowest BCUT2D eigenvalue weighted by molar-refractivity contribution is -0.121. The molecule has 0 saturated heterocycles. The Bertz CT molecular complexity index is 1780. The maximum Gasteiger partial charge on any atom is 0.242 e. The summed E-state index contributed by atoms with van der Waals surface area (Å²) in [4.78, 5) is 13.1. The molecule has 7 nitrogen and oxygen atoms in total. The number of benzene rings is 4. The van der Waals surface area contributed by atoms with Crippen molar-refractivity contribution in [3.63, 3.8) is 0 Å². The number of halogens is 1. The summed E-state index contributed by atoms with van der Waals surface area (Å²) in [5, 5.41) is 5.22. The minimum absolute atomic E-state index is 0.127. The van der Waals surface area contributed by atoms with Crippen LogP contribution in [-0.2, 0) is 21.4 Å². The van der Waals surface area contributed by atoms with E-state index < -0.39 is 22.0 Å². The second-order valence-corrected chi connectivity index (χ2v) is 12.4. The lowest BCUT2D eigenvalue weighted by atomic mass is 10.0. The maximum atomic E-state index is 13.1. The summed E-state index contributed by atoms with van der Waals surface area (Å²) < 4.78 is 32.1. The predicted molar refractivity (Wildman–Crippen MR) is 166 cm³/mol. The minimum Gasteiger partial charge on any atom is -0.342 e. The summed E-state index contributed by atoms with van der Waals surface area (Å²) in [6.45, 7) is 2.58. The third kappa shape index (κ3) is 7.18. The molecule has 0 fully saturated rings. The molecule has 0 aliphatic rings. The van der Waals surface area contributed by atoms with Crippen molar-refractivity contribution in [2.75, 3.05) is 0 Å². The van der Waals surface area contributed by atoms with Crippen molar-refractivity contribution in [1.82, 2.24) is 14.7 Å². The second kappa shape index (κ2) is 12.6. The fourth-order valence-electron chi connectivity index (χ4n) is 4.59. The first kappa shape index (κ1) is 28.5. The van der Waals surface area contributed by atoms with Gasteiger partial charge in [0, 0.05) is 40.1 Å². The van der Waals surface area contributed by atoms with Crippen molar-refractivity contribution in [2.45, 2.75) is 30.8 Å². The zero-order valence-corrected chi connectivity index (χ0v) is 24.8. The van der Waals surface area contributed by atoms with Crippen molar-refractivity contribution in [3.8, 4) is 0 Å². The Kier molecular flexibility index (Phi) is 8.78. The van der Waals surface area contributed by atoms with Crippen LogP contribution in [0.25, 0.3) is 10.9 Å². The number of fused-ring (bicyclic) bond motifs is 1. The molecular weight excluding hydrogens is 600 g/mol. The number of hydrazone groups is 1. The highest BCUT2D eigenvalue weighted by Gasteiger charge is 2.23. The van der Waals surface area contributed by atoms with Crippen molar-refractivity contribution >= 4 is 49.0 Å². The van der Waals surface area contributed by atoms with Gasteiger partial charge in [0.05, 0.1) is 17.2 Å². The lowest BCUT2D eigenvalue weighted by Crippen LogP contribution is -2.32. The minimum atomic E-state index is -3.86. The van der Waals surface area contributed by atoms with Gasteiger partial charge >= 0.3 is 0 Å². The zero-order valence-electron chi connectivity index (χ0n) is 22.4. The molecule has 2 N–H and O–H groups in total. The first-order chi connectivity index (χ1) is 19.8. The van der Waals surface area contributed by atoms with Crippen molar-refractivity contribution in [1.29, 1.82) is 0 Å². The molecule has 0 bridgehead atoms. The number of para-hydroxylation sites is 1. The van der Waals surface area contributed by atoms with E-state index in [9.17, 15) is 13.2 Å². The van der Waals surface area contributed by atoms with Gasteiger partial charge in [0.15, 0.2) is 0 Å². The van der Waals surface area contributed by atoms with Gasteiger partial charge in [-0.3, -0.25) is 4.79 Å². The van der Waals surface area contributed by atoms with Gasteiger partial charge < -0.3 is 4.57 Å². The van der Waals surface area contributed by atoms with Crippen molar-refractivity contribution in [2.24, 2.45) is 5.10 Å². The molecule has 0 saturated carbocycles. The smallest absolute Gasteiger partial charge is 0.242 e. The van der Waals surface area contributed by atoms with Crippen LogP contribution in [0.4, 0.5) is 0 Å². The van der Waals surface area contributed by atoms with E-state index in [2.05, 4.69) is 53.9 Å². The fourth-order valence-corrected chi connectivity index (χ4v) is 6.07. The molecule has 0 spiro atoms. The number of rotatable bonds is 10. The van der Waals surface area contributed by atoms with Crippen LogP contribution in [0.15, 0.2) is 124 Å². The summed E-state index contributed by atoms with van der Waals surface area (Å²) in [6, 6.07) is 31.0. The highest BCUT2D eigenvalue weighted by molar-refractivity contribution is 9.10. The van der Waals surface area contributed by atoms with Crippen LogP contribution < -0.4 is 10.1 Å². The lowest BCUT2D eigenvalue weighted by Gasteiger charge is -2.18. The van der Waals surface area contributed by atoms with Crippen LogP contribution in [0.5, 0.6) is 0 Å². The average Bonchev–Trinajstić information content (AvgIpc) is 3.31. The third-order valence-electron chi connectivity index (χ3n) is 6.70. The summed E-state index contributed by atoms with van der Waals surface area (Å²) >= 11 is 3.48. The van der Waals surface area contributed by atoms with Gasteiger partial charge in [-0.15, -0.1) is 0 Å². The van der Waals surface area contributed by atoms with Crippen LogP contribution in [0.1, 0.15) is 34.7 Å². The third-order valence-corrected chi connectivity index (χ3v) is 8.71. The predicted octanol–water partition coefficient (Wildman–Crippen LogP) is 6.32. The Morgan fingerprint density at radius 1 is 0.927 bits per heavy atom. The van der Waals surface area contributed by atoms with Gasteiger partial charge in [0.25, 0.3) is 0 Å². The van der Waals surface area contributed by atoms with E-state index in [4.69, 9.17) is 0 Å². The van der Waals surface area contributed by atoms with Gasteiger partial charge in [-0.05, 0) is 48.4 Å². The number of carbonyl (C=O) groups excluding carboxylic acids is 1. The largest absolute Gasteiger partial charge is 0.342 e. The van der Waals surface area contributed by atoms with Crippen LogP contribution in [-0.4, -0.2) is 25.1 Å². The Morgan fingerprint density at radius 2 is 1.61 bits per heavy atom. The Labute approximate surface area is 248 Å². The molecule has 208 valence electrons. The zero-order chi connectivity index (χ0) is 28.8. The van der Waals surface area contributed by atoms with Crippen LogP contribution in [0.3, 0.4) is 0 Å². The molecule has 9 heteroatoms. The van der Waals surface area contributed by atoms with Crippen molar-refractivity contribution in [3.05, 3.63) is 136 Å². The SMILES string of the molecule is Cc1ccc(S(=O)(=O)N[C@H](CC(=O)N/N=C\c2cn(Cc3ccc(Br)cc3)c3ccccc23)c2ccccc2)cc1. The molecule has 0 aliphatic carbocycles. The molecule has 1 atom stereocenters. The average molecular weight is 630 g/mol. The van der Waals surface area contributed by atoms with Gasteiger partial charge in [0.2, 0.25) is 15.9 Å². The molecule has 0 radical (unpaired) electrons. The van der Waals surface area contributed by atoms with E-state index in [0.717, 1.165) is 32.1 Å². The molecule has 0 aliphatic heterocycles. The summed E-state index contributed by atoms with van der Waals surface area (Å²) in [5.41, 5.74) is 7.28. The van der Waals surface area contributed by atoms with Crippen molar-refractivity contribution < 1.29 is 13.2 Å². The van der Waals surface area contributed by atoms with E-state index in [-0.39, 0.29) is 11.3 Å². The molecule has 0 unspecified atom stereocenters. The van der Waals surface area contributed by atoms with Gasteiger partial charge in [-0.1, -0.05) is 94.3 Å². The molecule has 41 heavy (non-hydrogen) atoms.